The highest BCUT2D eigenvalue weighted by molar-refractivity contribution is 7.92. The van der Waals surface area contributed by atoms with E-state index in [0.29, 0.717) is 17.0 Å². The molecule has 1 heterocycles. The number of nitrogens with one attached hydrogen (secondary N) is 1. The number of nitro groups is 1. The van der Waals surface area contributed by atoms with Gasteiger partial charge in [0.25, 0.3) is 15.7 Å². The van der Waals surface area contributed by atoms with E-state index in [4.69, 9.17) is 9.15 Å². The zero-order valence-electron chi connectivity index (χ0n) is 15.7. The largest absolute Gasteiger partial charge is 0.495 e. The molecule has 0 aliphatic rings. The van der Waals surface area contributed by atoms with Gasteiger partial charge < -0.3 is 9.15 Å². The minimum Gasteiger partial charge on any atom is -0.495 e. The summed E-state index contributed by atoms with van der Waals surface area (Å²) in [5.41, 5.74) is 0.780. The van der Waals surface area contributed by atoms with Crippen molar-refractivity contribution in [2.24, 2.45) is 0 Å². The molecule has 3 rings (SSSR count). The van der Waals surface area contributed by atoms with Gasteiger partial charge in [-0.1, -0.05) is 20.8 Å². The number of nitrogens with zero attached hydrogens (tertiary/aromatic N) is 2. The van der Waals surface area contributed by atoms with E-state index < -0.39 is 14.9 Å². The standard InChI is InChI=1S/C18H19N3O6S/c1-18(2,3)17-19-13-9-11(5-7-14(13)27-17)20-28(24,25)16-8-6-12(21(22)23)10-15(16)26-4/h5-10,20H,1-4H3. The van der Waals surface area contributed by atoms with E-state index in [0.717, 1.165) is 18.2 Å². The Kier molecular flexibility index (Phi) is 4.76. The number of hydrogen-bond acceptors (Lipinski definition) is 7. The van der Waals surface area contributed by atoms with Crippen molar-refractivity contribution in [3.05, 3.63) is 52.4 Å². The first-order chi connectivity index (χ1) is 13.0. The summed E-state index contributed by atoms with van der Waals surface area (Å²) in [4.78, 5) is 14.5. The van der Waals surface area contributed by atoms with E-state index in [1.807, 2.05) is 20.8 Å². The maximum atomic E-state index is 12.8. The van der Waals surface area contributed by atoms with E-state index in [1.165, 1.54) is 7.11 Å². The summed E-state index contributed by atoms with van der Waals surface area (Å²) >= 11 is 0. The number of oxazole rings is 1. The van der Waals surface area contributed by atoms with Gasteiger partial charge in [0.1, 0.15) is 16.2 Å². The Hall–Kier alpha value is -3.14. The Morgan fingerprint density at radius 2 is 1.89 bits per heavy atom. The molecule has 148 valence electrons. The highest BCUT2D eigenvalue weighted by Gasteiger charge is 2.24. The molecule has 0 saturated carbocycles. The molecular formula is C18H19N3O6S. The maximum absolute atomic E-state index is 12.8. The average molecular weight is 405 g/mol. The SMILES string of the molecule is COc1cc([N+](=O)[O-])ccc1S(=O)(=O)Nc1ccc2oc(C(C)(C)C)nc2c1. The van der Waals surface area contributed by atoms with E-state index in [9.17, 15) is 18.5 Å². The smallest absolute Gasteiger partial charge is 0.273 e. The fourth-order valence-electron chi connectivity index (χ4n) is 2.51. The monoisotopic (exact) mass is 405 g/mol. The summed E-state index contributed by atoms with van der Waals surface area (Å²) in [7, 11) is -2.80. The van der Waals surface area contributed by atoms with Gasteiger partial charge in [0.05, 0.1) is 23.8 Å². The minimum absolute atomic E-state index is 0.126. The average Bonchev–Trinajstić information content (AvgIpc) is 3.04. The van der Waals surface area contributed by atoms with Gasteiger partial charge in [-0.15, -0.1) is 0 Å². The molecule has 10 heteroatoms. The molecule has 0 aliphatic heterocycles. The van der Waals surface area contributed by atoms with Crippen molar-refractivity contribution in [2.75, 3.05) is 11.8 Å². The van der Waals surface area contributed by atoms with Gasteiger partial charge in [-0.25, -0.2) is 13.4 Å². The van der Waals surface area contributed by atoms with E-state index >= 15 is 0 Å². The Bertz CT molecular complexity index is 1160. The third kappa shape index (κ3) is 3.77. The molecule has 28 heavy (non-hydrogen) atoms. The number of non-ortho nitro benzene ring substituents is 1. The fourth-order valence-corrected chi connectivity index (χ4v) is 3.72. The number of aromatic nitrogens is 1. The van der Waals surface area contributed by atoms with Crippen LogP contribution in [0.1, 0.15) is 26.7 Å². The maximum Gasteiger partial charge on any atom is 0.273 e. The fraction of sp³-hybridized carbons (Fsp3) is 0.278. The number of nitro benzene ring substituents is 1. The summed E-state index contributed by atoms with van der Waals surface area (Å²) in [5.74, 6) is 0.416. The van der Waals surface area contributed by atoms with Crippen LogP contribution in [-0.2, 0) is 15.4 Å². The molecule has 1 aromatic heterocycles. The highest BCUT2D eigenvalue weighted by Crippen LogP contribution is 2.31. The number of methoxy groups -OCH3 is 1. The minimum atomic E-state index is -4.04. The molecule has 2 aromatic carbocycles. The van der Waals surface area contributed by atoms with Gasteiger partial charge in [0, 0.05) is 11.5 Å². The lowest BCUT2D eigenvalue weighted by Crippen LogP contribution is -2.14. The Morgan fingerprint density at radius 1 is 1.18 bits per heavy atom. The van der Waals surface area contributed by atoms with Crippen molar-refractivity contribution < 1.29 is 22.5 Å². The first-order valence-electron chi connectivity index (χ1n) is 8.27. The van der Waals surface area contributed by atoms with Crippen molar-refractivity contribution in [2.45, 2.75) is 31.1 Å². The van der Waals surface area contributed by atoms with Gasteiger partial charge in [-0.2, -0.15) is 0 Å². The molecule has 0 amide bonds. The lowest BCUT2D eigenvalue weighted by atomic mass is 9.97. The Balaban J connectivity index is 1.97. The van der Waals surface area contributed by atoms with Crippen LogP contribution in [0.4, 0.5) is 11.4 Å². The summed E-state index contributed by atoms with van der Waals surface area (Å²) in [6.07, 6.45) is 0. The first kappa shape index (κ1) is 19.6. The molecule has 0 bridgehead atoms. The quantitative estimate of drug-likeness (QED) is 0.505. The van der Waals surface area contributed by atoms with E-state index in [2.05, 4.69) is 9.71 Å². The summed E-state index contributed by atoms with van der Waals surface area (Å²) in [6.45, 7) is 5.88. The van der Waals surface area contributed by atoms with Crippen molar-refractivity contribution in [3.8, 4) is 5.75 Å². The van der Waals surface area contributed by atoms with Crippen LogP contribution in [0.3, 0.4) is 0 Å². The summed E-state index contributed by atoms with van der Waals surface area (Å²) < 4.78 is 38.7. The van der Waals surface area contributed by atoms with Crippen LogP contribution >= 0.6 is 0 Å². The topological polar surface area (TPSA) is 125 Å². The molecule has 0 saturated heterocycles. The zero-order valence-corrected chi connectivity index (χ0v) is 16.5. The van der Waals surface area contributed by atoms with Gasteiger partial charge in [0.15, 0.2) is 5.58 Å². The van der Waals surface area contributed by atoms with E-state index in [-0.39, 0.29) is 27.4 Å². The molecule has 0 atom stereocenters. The van der Waals surface area contributed by atoms with Gasteiger partial charge in [0.2, 0.25) is 5.89 Å². The number of hydrogen-bond donors (Lipinski definition) is 1. The number of anilines is 1. The number of fused-ring (bicyclic) bond motifs is 1. The molecule has 0 spiro atoms. The molecule has 0 radical (unpaired) electrons. The van der Waals surface area contributed by atoms with Crippen LogP contribution < -0.4 is 9.46 Å². The number of sulfonamides is 1. The first-order valence-corrected chi connectivity index (χ1v) is 9.76. The lowest BCUT2D eigenvalue weighted by Gasteiger charge is -2.11. The molecular weight excluding hydrogens is 386 g/mol. The van der Waals surface area contributed by atoms with Crippen molar-refractivity contribution in [1.29, 1.82) is 0 Å². The van der Waals surface area contributed by atoms with Crippen LogP contribution in [-0.4, -0.2) is 25.4 Å². The van der Waals surface area contributed by atoms with Crippen molar-refractivity contribution >= 4 is 32.5 Å². The molecule has 9 nitrogen and oxygen atoms in total. The van der Waals surface area contributed by atoms with Crippen molar-refractivity contribution in [1.82, 2.24) is 4.98 Å². The van der Waals surface area contributed by atoms with Crippen LogP contribution in [0, 0.1) is 10.1 Å². The second-order valence-corrected chi connectivity index (χ2v) is 8.80. The van der Waals surface area contributed by atoms with Crippen LogP contribution in [0.2, 0.25) is 0 Å². The molecule has 0 aliphatic carbocycles. The summed E-state index contributed by atoms with van der Waals surface area (Å²) in [6, 6.07) is 8.03. The van der Waals surface area contributed by atoms with E-state index in [1.54, 1.807) is 18.2 Å². The van der Waals surface area contributed by atoms with Crippen LogP contribution in [0.15, 0.2) is 45.7 Å². The molecule has 0 unspecified atom stereocenters. The second-order valence-electron chi connectivity index (χ2n) is 7.15. The number of rotatable bonds is 5. The molecule has 1 N–H and O–H groups in total. The summed E-state index contributed by atoms with van der Waals surface area (Å²) in [5, 5.41) is 10.9. The van der Waals surface area contributed by atoms with Crippen LogP contribution in [0.5, 0.6) is 5.75 Å². The predicted molar refractivity (Wildman–Crippen MR) is 103 cm³/mol. The normalized spacial score (nSPS) is 12.1. The Morgan fingerprint density at radius 3 is 2.50 bits per heavy atom. The van der Waals surface area contributed by atoms with Crippen LogP contribution in [0.25, 0.3) is 11.1 Å². The van der Waals surface area contributed by atoms with Gasteiger partial charge in [-0.3, -0.25) is 14.8 Å². The van der Waals surface area contributed by atoms with Gasteiger partial charge in [-0.05, 0) is 24.3 Å². The third-order valence-corrected chi connectivity index (χ3v) is 5.35. The zero-order chi connectivity index (χ0) is 20.7. The number of ether oxygens (including phenoxy) is 1. The predicted octanol–water partition coefficient (Wildman–Crippen LogP) is 3.84. The van der Waals surface area contributed by atoms with Crippen molar-refractivity contribution in [3.63, 3.8) is 0 Å². The molecule has 0 fully saturated rings. The Labute approximate surface area is 161 Å². The number of benzene rings is 2. The second kappa shape index (κ2) is 6.79. The lowest BCUT2D eigenvalue weighted by molar-refractivity contribution is -0.385. The molecule has 3 aromatic rings. The van der Waals surface area contributed by atoms with Gasteiger partial charge >= 0.3 is 0 Å². The highest BCUT2D eigenvalue weighted by atomic mass is 32.2. The third-order valence-electron chi connectivity index (χ3n) is 3.93.